The van der Waals surface area contributed by atoms with Gasteiger partial charge in [0.1, 0.15) is 11.8 Å². The lowest BCUT2D eigenvalue weighted by Crippen LogP contribution is -2.33. The molecule has 0 radical (unpaired) electrons. The average molecular weight is 155 g/mol. The standard InChI is InChI=1S/C7H9NO3/c1-11-5-2-3-8-6(4-5)7(9)10/h2-4,6,8H,1H3,(H,9,10). The average Bonchev–Trinajstić information content (AvgIpc) is 2.05. The van der Waals surface area contributed by atoms with Crippen molar-refractivity contribution in [2.45, 2.75) is 6.04 Å². The minimum atomic E-state index is -0.913. The molecule has 0 aromatic rings. The van der Waals surface area contributed by atoms with Crippen molar-refractivity contribution in [3.63, 3.8) is 0 Å². The van der Waals surface area contributed by atoms with Gasteiger partial charge in [-0.3, -0.25) is 0 Å². The van der Waals surface area contributed by atoms with Crippen LogP contribution in [0.3, 0.4) is 0 Å². The summed E-state index contributed by atoms with van der Waals surface area (Å²) in [6, 6.07) is -0.671. The third-order valence-electron chi connectivity index (χ3n) is 1.36. The Labute approximate surface area is 64.2 Å². The third kappa shape index (κ3) is 1.73. The van der Waals surface area contributed by atoms with Crippen LogP contribution in [0.15, 0.2) is 24.1 Å². The van der Waals surface area contributed by atoms with Gasteiger partial charge in [-0.25, -0.2) is 4.79 Å². The molecular formula is C7H9NO3. The zero-order chi connectivity index (χ0) is 8.27. The SMILES string of the molecule is COC1=CC(C(=O)O)NC=C1. The van der Waals surface area contributed by atoms with Gasteiger partial charge >= 0.3 is 5.97 Å². The molecule has 4 nitrogen and oxygen atoms in total. The number of ether oxygens (including phenoxy) is 1. The number of methoxy groups -OCH3 is 1. The van der Waals surface area contributed by atoms with E-state index in [0.29, 0.717) is 5.76 Å². The van der Waals surface area contributed by atoms with Gasteiger partial charge in [0.05, 0.1) is 7.11 Å². The number of carbonyl (C=O) groups is 1. The van der Waals surface area contributed by atoms with Crippen LogP contribution >= 0.6 is 0 Å². The van der Waals surface area contributed by atoms with E-state index in [1.807, 2.05) is 0 Å². The molecule has 1 atom stereocenters. The van der Waals surface area contributed by atoms with Crippen LogP contribution in [0.25, 0.3) is 0 Å². The van der Waals surface area contributed by atoms with E-state index in [1.54, 1.807) is 12.3 Å². The van der Waals surface area contributed by atoms with Crippen LogP contribution in [0.2, 0.25) is 0 Å². The summed E-state index contributed by atoms with van der Waals surface area (Å²) in [6.07, 6.45) is 4.72. The van der Waals surface area contributed by atoms with Crippen LogP contribution in [-0.4, -0.2) is 24.2 Å². The Bertz CT molecular complexity index is 220. The molecule has 0 bridgehead atoms. The molecule has 1 aliphatic heterocycles. The zero-order valence-electron chi connectivity index (χ0n) is 6.07. The molecular weight excluding hydrogens is 146 g/mol. The molecule has 0 saturated heterocycles. The van der Waals surface area contributed by atoms with Gasteiger partial charge in [0.15, 0.2) is 0 Å². The summed E-state index contributed by atoms with van der Waals surface area (Å²) >= 11 is 0. The third-order valence-corrected chi connectivity index (χ3v) is 1.36. The first kappa shape index (κ1) is 7.65. The van der Waals surface area contributed by atoms with Crippen molar-refractivity contribution in [3.8, 4) is 0 Å². The summed E-state index contributed by atoms with van der Waals surface area (Å²) in [5.74, 6) is -0.347. The molecule has 60 valence electrons. The summed E-state index contributed by atoms with van der Waals surface area (Å²) < 4.78 is 4.84. The van der Waals surface area contributed by atoms with Crippen LogP contribution in [0.4, 0.5) is 0 Å². The summed E-state index contributed by atoms with van der Waals surface area (Å²) in [5, 5.41) is 11.2. The van der Waals surface area contributed by atoms with Crippen LogP contribution in [0, 0.1) is 0 Å². The predicted molar refractivity (Wildman–Crippen MR) is 38.8 cm³/mol. The molecule has 1 aliphatic rings. The first-order valence-corrected chi connectivity index (χ1v) is 3.15. The van der Waals surface area contributed by atoms with Crippen LogP contribution in [-0.2, 0) is 9.53 Å². The summed E-state index contributed by atoms with van der Waals surface area (Å²) in [5.41, 5.74) is 0. The normalized spacial score (nSPS) is 21.9. The number of aliphatic carboxylic acids is 1. The number of hydrogen-bond donors (Lipinski definition) is 2. The molecule has 0 spiro atoms. The maximum absolute atomic E-state index is 10.4. The minimum absolute atomic E-state index is 0.566. The number of allylic oxidation sites excluding steroid dienone is 1. The largest absolute Gasteiger partial charge is 0.497 e. The fraction of sp³-hybridized carbons (Fsp3) is 0.286. The molecule has 4 heteroatoms. The van der Waals surface area contributed by atoms with E-state index >= 15 is 0 Å². The Morgan fingerprint density at radius 3 is 3.09 bits per heavy atom. The highest BCUT2D eigenvalue weighted by Gasteiger charge is 2.15. The monoisotopic (exact) mass is 155 g/mol. The van der Waals surface area contributed by atoms with Gasteiger partial charge in [-0.05, 0) is 12.2 Å². The van der Waals surface area contributed by atoms with E-state index < -0.39 is 12.0 Å². The number of hydrogen-bond acceptors (Lipinski definition) is 3. The van der Waals surface area contributed by atoms with Gasteiger partial charge in [0, 0.05) is 6.20 Å². The molecule has 1 rings (SSSR count). The Morgan fingerprint density at radius 2 is 2.55 bits per heavy atom. The minimum Gasteiger partial charge on any atom is -0.497 e. The molecule has 11 heavy (non-hydrogen) atoms. The molecule has 1 heterocycles. The van der Waals surface area contributed by atoms with Crippen molar-refractivity contribution in [1.29, 1.82) is 0 Å². The molecule has 0 amide bonds. The quantitative estimate of drug-likeness (QED) is 0.593. The summed E-state index contributed by atoms with van der Waals surface area (Å²) in [4.78, 5) is 10.4. The summed E-state index contributed by atoms with van der Waals surface area (Å²) in [6.45, 7) is 0. The Hall–Kier alpha value is -1.45. The van der Waals surface area contributed by atoms with Gasteiger partial charge in [-0.2, -0.15) is 0 Å². The number of carboxylic acid groups (broad SMARTS) is 1. The highest BCUT2D eigenvalue weighted by molar-refractivity contribution is 5.76. The highest BCUT2D eigenvalue weighted by atomic mass is 16.5. The number of nitrogens with one attached hydrogen (secondary N) is 1. The lowest BCUT2D eigenvalue weighted by atomic mass is 10.2. The lowest BCUT2D eigenvalue weighted by molar-refractivity contribution is -0.138. The molecule has 0 fully saturated rings. The number of dihydropyridines is 1. The molecule has 0 aliphatic carbocycles. The Morgan fingerprint density at radius 1 is 1.82 bits per heavy atom. The van der Waals surface area contributed by atoms with Gasteiger partial charge in [-0.1, -0.05) is 0 Å². The zero-order valence-corrected chi connectivity index (χ0v) is 6.07. The predicted octanol–water partition coefficient (Wildman–Crippen LogP) is 0.0868. The van der Waals surface area contributed by atoms with E-state index in [4.69, 9.17) is 9.84 Å². The summed E-state index contributed by atoms with van der Waals surface area (Å²) in [7, 11) is 1.50. The molecule has 2 N–H and O–H groups in total. The second kappa shape index (κ2) is 3.09. The fourth-order valence-corrected chi connectivity index (χ4v) is 0.781. The maximum atomic E-state index is 10.4. The van der Waals surface area contributed by atoms with Gasteiger partial charge < -0.3 is 15.2 Å². The van der Waals surface area contributed by atoms with E-state index in [2.05, 4.69) is 5.32 Å². The van der Waals surface area contributed by atoms with Crippen molar-refractivity contribution in [1.82, 2.24) is 5.32 Å². The Balaban J connectivity index is 2.68. The van der Waals surface area contributed by atoms with E-state index in [-0.39, 0.29) is 0 Å². The molecule has 0 aromatic carbocycles. The van der Waals surface area contributed by atoms with Crippen molar-refractivity contribution in [2.24, 2.45) is 0 Å². The van der Waals surface area contributed by atoms with Crippen molar-refractivity contribution in [3.05, 3.63) is 24.1 Å². The smallest absolute Gasteiger partial charge is 0.330 e. The first-order valence-electron chi connectivity index (χ1n) is 3.15. The van der Waals surface area contributed by atoms with Gasteiger partial charge in [-0.15, -0.1) is 0 Å². The fourth-order valence-electron chi connectivity index (χ4n) is 0.781. The van der Waals surface area contributed by atoms with Crippen molar-refractivity contribution >= 4 is 5.97 Å². The highest BCUT2D eigenvalue weighted by Crippen LogP contribution is 2.04. The van der Waals surface area contributed by atoms with Crippen LogP contribution < -0.4 is 5.32 Å². The second-order valence-electron chi connectivity index (χ2n) is 2.09. The topological polar surface area (TPSA) is 58.6 Å². The molecule has 1 unspecified atom stereocenters. The van der Waals surface area contributed by atoms with Gasteiger partial charge in [0.25, 0.3) is 0 Å². The van der Waals surface area contributed by atoms with Gasteiger partial charge in [0.2, 0.25) is 0 Å². The first-order chi connectivity index (χ1) is 5.24. The molecule has 0 saturated carbocycles. The number of carboxylic acids is 1. The van der Waals surface area contributed by atoms with E-state index in [9.17, 15) is 4.79 Å². The lowest BCUT2D eigenvalue weighted by Gasteiger charge is -2.13. The maximum Gasteiger partial charge on any atom is 0.330 e. The second-order valence-corrected chi connectivity index (χ2v) is 2.09. The van der Waals surface area contributed by atoms with E-state index in [1.165, 1.54) is 13.2 Å². The van der Waals surface area contributed by atoms with Crippen molar-refractivity contribution < 1.29 is 14.6 Å². The van der Waals surface area contributed by atoms with Crippen LogP contribution in [0.1, 0.15) is 0 Å². The van der Waals surface area contributed by atoms with Crippen molar-refractivity contribution in [2.75, 3.05) is 7.11 Å². The van der Waals surface area contributed by atoms with E-state index in [0.717, 1.165) is 0 Å². The molecule has 0 aromatic heterocycles. The number of rotatable bonds is 2. The van der Waals surface area contributed by atoms with Crippen LogP contribution in [0.5, 0.6) is 0 Å². The Kier molecular flexibility index (Phi) is 2.15.